The highest BCUT2D eigenvalue weighted by atomic mass is 35.5. The van der Waals surface area contributed by atoms with Crippen molar-refractivity contribution in [2.24, 2.45) is 5.73 Å². The van der Waals surface area contributed by atoms with Crippen LogP contribution in [0.3, 0.4) is 0 Å². The molecule has 92 valence electrons. The number of halogens is 4. The molecule has 0 aliphatic carbocycles. The molecule has 0 aromatic heterocycles. The van der Waals surface area contributed by atoms with Gasteiger partial charge in [-0.15, -0.1) is 12.4 Å². The zero-order valence-corrected chi connectivity index (χ0v) is 9.40. The van der Waals surface area contributed by atoms with Crippen molar-refractivity contribution in [1.82, 2.24) is 0 Å². The van der Waals surface area contributed by atoms with Crippen molar-refractivity contribution in [3.05, 3.63) is 35.1 Å². The number of alkyl halides is 2. The molecule has 0 saturated carbocycles. The first-order valence-corrected chi connectivity index (χ1v) is 4.43. The highest BCUT2D eigenvalue weighted by Crippen LogP contribution is 2.31. The molecule has 0 radical (unpaired) electrons. The third-order valence-corrected chi connectivity index (χ3v) is 2.11. The van der Waals surface area contributed by atoms with Crippen LogP contribution in [-0.2, 0) is 5.92 Å². The summed E-state index contributed by atoms with van der Waals surface area (Å²) in [7, 11) is 0. The molecule has 16 heavy (non-hydrogen) atoms. The number of aliphatic hydroxyl groups is 1. The van der Waals surface area contributed by atoms with Gasteiger partial charge in [0.2, 0.25) is 0 Å². The molecule has 1 atom stereocenters. The summed E-state index contributed by atoms with van der Waals surface area (Å²) in [5.41, 5.74) is 4.62. The average Bonchev–Trinajstić information content (AvgIpc) is 2.17. The van der Waals surface area contributed by atoms with Gasteiger partial charge < -0.3 is 10.8 Å². The first-order valence-electron chi connectivity index (χ1n) is 4.43. The Hall–Kier alpha value is -0.780. The second-order valence-corrected chi connectivity index (χ2v) is 3.36. The SMILES string of the molecule is C[C@@H](N)c1cccc(C(F)(F)CO)c1F.Cl. The molecule has 0 spiro atoms. The number of aliphatic hydroxyl groups excluding tert-OH is 1. The summed E-state index contributed by atoms with van der Waals surface area (Å²) in [4.78, 5) is 0. The predicted octanol–water partition coefficient (Wildman–Crippen LogP) is 2.35. The van der Waals surface area contributed by atoms with Gasteiger partial charge in [-0.25, -0.2) is 4.39 Å². The third kappa shape index (κ3) is 2.87. The first-order chi connectivity index (χ1) is 6.90. The van der Waals surface area contributed by atoms with Crippen LogP contribution in [0.4, 0.5) is 13.2 Å². The minimum absolute atomic E-state index is 0. The van der Waals surface area contributed by atoms with Gasteiger partial charge in [0.15, 0.2) is 0 Å². The van der Waals surface area contributed by atoms with Gasteiger partial charge in [0.25, 0.3) is 5.92 Å². The zero-order chi connectivity index (χ0) is 11.6. The van der Waals surface area contributed by atoms with E-state index in [0.717, 1.165) is 6.07 Å². The van der Waals surface area contributed by atoms with E-state index >= 15 is 0 Å². The maximum Gasteiger partial charge on any atom is 0.298 e. The number of hydrogen-bond acceptors (Lipinski definition) is 2. The minimum Gasteiger partial charge on any atom is -0.390 e. The first kappa shape index (κ1) is 15.2. The topological polar surface area (TPSA) is 46.2 Å². The summed E-state index contributed by atoms with van der Waals surface area (Å²) < 4.78 is 39.7. The molecule has 1 aromatic rings. The van der Waals surface area contributed by atoms with Gasteiger partial charge in [-0.05, 0) is 13.0 Å². The fourth-order valence-corrected chi connectivity index (χ4v) is 1.27. The summed E-state index contributed by atoms with van der Waals surface area (Å²) in [5, 5.41) is 8.45. The van der Waals surface area contributed by atoms with Crippen LogP contribution >= 0.6 is 12.4 Å². The Kier molecular flexibility index (Phi) is 5.25. The van der Waals surface area contributed by atoms with Gasteiger partial charge in [0.1, 0.15) is 12.4 Å². The molecule has 0 amide bonds. The Morgan fingerprint density at radius 3 is 2.44 bits per heavy atom. The van der Waals surface area contributed by atoms with Crippen LogP contribution in [0, 0.1) is 5.82 Å². The molecule has 0 heterocycles. The Labute approximate surface area is 97.7 Å². The minimum atomic E-state index is -3.57. The molecule has 0 fully saturated rings. The quantitative estimate of drug-likeness (QED) is 0.871. The second kappa shape index (κ2) is 5.52. The van der Waals surface area contributed by atoms with E-state index in [1.165, 1.54) is 19.1 Å². The van der Waals surface area contributed by atoms with E-state index in [4.69, 9.17) is 10.8 Å². The number of rotatable bonds is 3. The number of nitrogens with two attached hydrogens (primary N) is 1. The molecule has 0 bridgehead atoms. The molecule has 0 unspecified atom stereocenters. The standard InChI is InChI=1S/C10H12F3NO.ClH/c1-6(14)7-3-2-4-8(9(7)11)10(12,13)5-15;/h2-4,6,15H,5,14H2,1H3;1H/t6-;/m1./s1. The van der Waals surface area contributed by atoms with Crippen LogP contribution in [0.1, 0.15) is 24.1 Å². The molecule has 1 rings (SSSR count). The highest BCUT2D eigenvalue weighted by Gasteiger charge is 2.34. The smallest absolute Gasteiger partial charge is 0.298 e. The van der Waals surface area contributed by atoms with Gasteiger partial charge >= 0.3 is 0 Å². The summed E-state index contributed by atoms with van der Waals surface area (Å²) in [6.07, 6.45) is 0. The highest BCUT2D eigenvalue weighted by molar-refractivity contribution is 5.85. The summed E-state index contributed by atoms with van der Waals surface area (Å²) >= 11 is 0. The molecular formula is C10H13ClF3NO. The van der Waals surface area contributed by atoms with E-state index in [1.807, 2.05) is 0 Å². The van der Waals surface area contributed by atoms with Crippen molar-refractivity contribution in [2.45, 2.75) is 18.9 Å². The van der Waals surface area contributed by atoms with Gasteiger partial charge in [0, 0.05) is 11.6 Å². The van der Waals surface area contributed by atoms with Crippen LogP contribution in [0.5, 0.6) is 0 Å². The van der Waals surface area contributed by atoms with Crippen molar-refractivity contribution in [2.75, 3.05) is 6.61 Å². The Balaban J connectivity index is 0.00000225. The molecule has 0 aliphatic heterocycles. The summed E-state index contributed by atoms with van der Waals surface area (Å²) in [6, 6.07) is 2.91. The normalized spacial score (nSPS) is 13.1. The molecule has 1 aromatic carbocycles. The van der Waals surface area contributed by atoms with Crippen molar-refractivity contribution in [3.8, 4) is 0 Å². The molecule has 2 nitrogen and oxygen atoms in total. The van der Waals surface area contributed by atoms with E-state index in [0.29, 0.717) is 0 Å². The molecule has 6 heteroatoms. The second-order valence-electron chi connectivity index (χ2n) is 3.36. The lowest BCUT2D eigenvalue weighted by molar-refractivity contribution is -0.0584. The van der Waals surface area contributed by atoms with Gasteiger partial charge in [-0.1, -0.05) is 12.1 Å². The van der Waals surface area contributed by atoms with Crippen LogP contribution < -0.4 is 5.73 Å². The summed E-state index contributed by atoms with van der Waals surface area (Å²) in [6.45, 7) is 0.0750. The third-order valence-electron chi connectivity index (χ3n) is 2.11. The van der Waals surface area contributed by atoms with E-state index in [2.05, 4.69) is 0 Å². The van der Waals surface area contributed by atoms with Gasteiger partial charge in [-0.3, -0.25) is 0 Å². The summed E-state index contributed by atoms with van der Waals surface area (Å²) in [5.74, 6) is -4.62. The lowest BCUT2D eigenvalue weighted by atomic mass is 10.0. The van der Waals surface area contributed by atoms with Crippen LogP contribution in [0.2, 0.25) is 0 Å². The Morgan fingerprint density at radius 2 is 2.00 bits per heavy atom. The van der Waals surface area contributed by atoms with Crippen molar-refractivity contribution in [1.29, 1.82) is 0 Å². The van der Waals surface area contributed by atoms with Crippen LogP contribution in [0.25, 0.3) is 0 Å². The van der Waals surface area contributed by atoms with E-state index in [9.17, 15) is 13.2 Å². The van der Waals surface area contributed by atoms with E-state index < -0.39 is 30.0 Å². The van der Waals surface area contributed by atoms with E-state index in [1.54, 1.807) is 0 Å². The largest absolute Gasteiger partial charge is 0.390 e. The Bertz CT molecular complexity index is 358. The molecule has 0 saturated heterocycles. The maximum atomic E-state index is 13.5. The predicted molar refractivity (Wildman–Crippen MR) is 57.2 cm³/mol. The van der Waals surface area contributed by atoms with Gasteiger partial charge in [-0.2, -0.15) is 8.78 Å². The lowest BCUT2D eigenvalue weighted by Gasteiger charge is -2.17. The fourth-order valence-electron chi connectivity index (χ4n) is 1.27. The van der Waals surface area contributed by atoms with Crippen LogP contribution in [0.15, 0.2) is 18.2 Å². The van der Waals surface area contributed by atoms with Crippen molar-refractivity contribution in [3.63, 3.8) is 0 Å². The monoisotopic (exact) mass is 255 g/mol. The Morgan fingerprint density at radius 1 is 1.44 bits per heavy atom. The maximum absolute atomic E-state index is 13.5. The van der Waals surface area contributed by atoms with Crippen molar-refractivity contribution >= 4 is 12.4 Å². The number of hydrogen-bond donors (Lipinski definition) is 2. The van der Waals surface area contributed by atoms with Crippen LogP contribution in [-0.4, -0.2) is 11.7 Å². The number of benzene rings is 1. The molecule has 0 aliphatic rings. The fraction of sp³-hybridized carbons (Fsp3) is 0.400. The molecular weight excluding hydrogens is 243 g/mol. The van der Waals surface area contributed by atoms with E-state index in [-0.39, 0.29) is 18.0 Å². The average molecular weight is 256 g/mol. The molecule has 3 N–H and O–H groups in total. The van der Waals surface area contributed by atoms with Gasteiger partial charge in [0.05, 0.1) is 5.56 Å². The lowest BCUT2D eigenvalue weighted by Crippen LogP contribution is -2.22. The van der Waals surface area contributed by atoms with Crippen molar-refractivity contribution < 1.29 is 18.3 Å². The zero-order valence-electron chi connectivity index (χ0n) is 8.58.